The van der Waals surface area contributed by atoms with Gasteiger partial charge in [0.1, 0.15) is 0 Å². The van der Waals surface area contributed by atoms with Gasteiger partial charge in [-0.25, -0.2) is 0 Å². The molecule has 0 radical (unpaired) electrons. The number of morpholine rings is 1. The predicted molar refractivity (Wildman–Crippen MR) is 104 cm³/mol. The monoisotopic (exact) mass is 422 g/mol. The number of hydrogen-bond donors (Lipinski definition) is 1. The van der Waals surface area contributed by atoms with Crippen molar-refractivity contribution in [3.8, 4) is 0 Å². The molecule has 1 aliphatic heterocycles. The van der Waals surface area contributed by atoms with Gasteiger partial charge in [0.2, 0.25) is 5.91 Å². The van der Waals surface area contributed by atoms with Crippen LogP contribution in [0.2, 0.25) is 5.02 Å². The van der Waals surface area contributed by atoms with Gasteiger partial charge in [0.05, 0.1) is 12.7 Å². The molecule has 0 saturated carbocycles. The summed E-state index contributed by atoms with van der Waals surface area (Å²) in [7, 11) is 0. The van der Waals surface area contributed by atoms with Crippen molar-refractivity contribution >= 4 is 39.1 Å². The van der Waals surface area contributed by atoms with E-state index in [-0.39, 0.29) is 12.0 Å². The van der Waals surface area contributed by atoms with Crippen molar-refractivity contribution in [1.29, 1.82) is 0 Å². The molecule has 1 fully saturated rings. The van der Waals surface area contributed by atoms with Gasteiger partial charge in [0.25, 0.3) is 0 Å². The van der Waals surface area contributed by atoms with E-state index in [0.717, 1.165) is 33.8 Å². The van der Waals surface area contributed by atoms with Crippen molar-refractivity contribution in [3.05, 3.63) is 63.6 Å². The molecule has 1 saturated heterocycles. The van der Waals surface area contributed by atoms with E-state index in [4.69, 9.17) is 16.3 Å². The standard InChI is InChI=1S/C19H20BrClN2O2/c20-14-4-3-5-15(12-14)22-19(24)8-9-23-10-11-25-18(13-23)16-6-1-2-7-17(16)21/h1-7,12,18H,8-11,13H2,(H,22,24). The van der Waals surface area contributed by atoms with Crippen molar-refractivity contribution < 1.29 is 9.53 Å². The normalized spacial score (nSPS) is 18.1. The van der Waals surface area contributed by atoms with Crippen LogP contribution in [0.1, 0.15) is 18.1 Å². The average Bonchev–Trinajstić information content (AvgIpc) is 2.61. The topological polar surface area (TPSA) is 41.6 Å². The van der Waals surface area contributed by atoms with Gasteiger partial charge in [0.15, 0.2) is 0 Å². The summed E-state index contributed by atoms with van der Waals surface area (Å²) in [5.74, 6) is 0.0129. The average molecular weight is 424 g/mol. The van der Waals surface area contributed by atoms with Crippen LogP contribution in [0.25, 0.3) is 0 Å². The summed E-state index contributed by atoms with van der Waals surface area (Å²) < 4.78 is 6.80. The van der Waals surface area contributed by atoms with Crippen LogP contribution in [-0.2, 0) is 9.53 Å². The summed E-state index contributed by atoms with van der Waals surface area (Å²) in [6, 6.07) is 15.4. The molecule has 25 heavy (non-hydrogen) atoms. The van der Waals surface area contributed by atoms with Crippen LogP contribution in [0.5, 0.6) is 0 Å². The molecule has 1 N–H and O–H groups in total. The van der Waals surface area contributed by atoms with Gasteiger partial charge < -0.3 is 10.1 Å². The second-order valence-corrected chi connectivity index (χ2v) is 7.31. The summed E-state index contributed by atoms with van der Waals surface area (Å²) in [6.07, 6.45) is 0.400. The lowest BCUT2D eigenvalue weighted by atomic mass is 10.1. The van der Waals surface area contributed by atoms with Crippen LogP contribution in [0.15, 0.2) is 53.0 Å². The van der Waals surface area contributed by atoms with E-state index in [1.807, 2.05) is 48.5 Å². The van der Waals surface area contributed by atoms with Crippen LogP contribution >= 0.6 is 27.5 Å². The van der Waals surface area contributed by atoms with Crippen LogP contribution < -0.4 is 5.32 Å². The number of rotatable bonds is 5. The van der Waals surface area contributed by atoms with E-state index >= 15 is 0 Å². The van der Waals surface area contributed by atoms with Gasteiger partial charge in [-0.3, -0.25) is 9.69 Å². The molecule has 0 aromatic heterocycles. The van der Waals surface area contributed by atoms with Gasteiger partial charge in [0, 0.05) is 46.8 Å². The zero-order valence-electron chi connectivity index (χ0n) is 13.8. The first kappa shape index (κ1) is 18.4. The number of nitrogens with zero attached hydrogens (tertiary/aromatic N) is 1. The molecule has 4 nitrogen and oxygen atoms in total. The van der Waals surface area contributed by atoms with E-state index in [0.29, 0.717) is 19.6 Å². The SMILES string of the molecule is O=C(CCN1CCOC(c2ccccc2Cl)C1)Nc1cccc(Br)c1. The Morgan fingerprint density at radius 1 is 1.28 bits per heavy atom. The third kappa shape index (κ3) is 5.28. The van der Waals surface area contributed by atoms with Crippen molar-refractivity contribution in [3.63, 3.8) is 0 Å². The van der Waals surface area contributed by atoms with Gasteiger partial charge >= 0.3 is 0 Å². The Kier molecular flexibility index (Phi) is 6.48. The van der Waals surface area contributed by atoms with Gasteiger partial charge in [-0.2, -0.15) is 0 Å². The minimum atomic E-state index is -0.0458. The minimum Gasteiger partial charge on any atom is -0.371 e. The van der Waals surface area contributed by atoms with Crippen LogP contribution in [-0.4, -0.2) is 37.0 Å². The zero-order valence-corrected chi connectivity index (χ0v) is 16.1. The van der Waals surface area contributed by atoms with E-state index in [2.05, 4.69) is 26.1 Å². The van der Waals surface area contributed by atoms with Crippen molar-refractivity contribution in [2.24, 2.45) is 0 Å². The van der Waals surface area contributed by atoms with E-state index < -0.39 is 0 Å². The third-order valence-corrected chi connectivity index (χ3v) is 5.00. The molecule has 1 atom stereocenters. The largest absolute Gasteiger partial charge is 0.371 e. The number of hydrogen-bond acceptors (Lipinski definition) is 3. The van der Waals surface area contributed by atoms with Crippen molar-refractivity contribution in [1.82, 2.24) is 4.90 Å². The molecule has 6 heteroatoms. The van der Waals surface area contributed by atoms with Crippen molar-refractivity contribution in [2.45, 2.75) is 12.5 Å². The van der Waals surface area contributed by atoms with Gasteiger partial charge in [-0.1, -0.05) is 51.8 Å². The molecular formula is C19H20BrClN2O2. The molecule has 0 aliphatic carbocycles. The summed E-state index contributed by atoms with van der Waals surface area (Å²) in [5.41, 5.74) is 1.81. The Labute approximate surface area is 161 Å². The maximum absolute atomic E-state index is 12.2. The Morgan fingerprint density at radius 3 is 2.92 bits per heavy atom. The fourth-order valence-electron chi connectivity index (χ4n) is 2.88. The fourth-order valence-corrected chi connectivity index (χ4v) is 3.54. The third-order valence-electron chi connectivity index (χ3n) is 4.17. The molecule has 1 heterocycles. The maximum Gasteiger partial charge on any atom is 0.225 e. The van der Waals surface area contributed by atoms with Crippen LogP contribution in [0.4, 0.5) is 5.69 Å². The van der Waals surface area contributed by atoms with Crippen molar-refractivity contribution in [2.75, 3.05) is 31.6 Å². The van der Waals surface area contributed by atoms with Crippen LogP contribution in [0, 0.1) is 0 Å². The summed E-state index contributed by atoms with van der Waals surface area (Å²) >= 11 is 9.67. The highest BCUT2D eigenvalue weighted by molar-refractivity contribution is 9.10. The first-order chi connectivity index (χ1) is 12.1. The molecular weight excluding hydrogens is 404 g/mol. The lowest BCUT2D eigenvalue weighted by Gasteiger charge is -2.33. The van der Waals surface area contributed by atoms with Gasteiger partial charge in [-0.05, 0) is 24.3 Å². The molecule has 1 unspecified atom stereocenters. The molecule has 0 spiro atoms. The molecule has 1 amide bonds. The molecule has 0 bridgehead atoms. The molecule has 3 rings (SSSR count). The summed E-state index contributed by atoms with van der Waals surface area (Å²) in [4.78, 5) is 14.4. The smallest absolute Gasteiger partial charge is 0.225 e. The predicted octanol–water partition coefficient (Wildman–Crippen LogP) is 4.50. The fraction of sp³-hybridized carbons (Fsp3) is 0.316. The minimum absolute atomic E-state index is 0.0129. The number of benzene rings is 2. The quantitative estimate of drug-likeness (QED) is 0.769. The Balaban J connectivity index is 1.51. The molecule has 2 aromatic rings. The first-order valence-electron chi connectivity index (χ1n) is 8.25. The lowest BCUT2D eigenvalue weighted by molar-refractivity contribution is -0.117. The second kappa shape index (κ2) is 8.81. The first-order valence-corrected chi connectivity index (χ1v) is 9.43. The summed E-state index contributed by atoms with van der Waals surface area (Å²) in [5, 5.41) is 3.65. The highest BCUT2D eigenvalue weighted by Gasteiger charge is 2.23. The second-order valence-electron chi connectivity index (χ2n) is 5.99. The number of carbonyl (C=O) groups is 1. The number of amides is 1. The number of anilines is 1. The molecule has 132 valence electrons. The van der Waals surface area contributed by atoms with Crippen LogP contribution in [0.3, 0.4) is 0 Å². The van der Waals surface area contributed by atoms with E-state index in [1.54, 1.807) is 0 Å². The number of nitrogens with one attached hydrogen (secondary N) is 1. The Morgan fingerprint density at radius 2 is 2.12 bits per heavy atom. The number of ether oxygens (including phenoxy) is 1. The van der Waals surface area contributed by atoms with E-state index in [1.165, 1.54) is 0 Å². The highest BCUT2D eigenvalue weighted by Crippen LogP contribution is 2.28. The zero-order chi connectivity index (χ0) is 17.6. The molecule has 2 aromatic carbocycles. The number of carbonyl (C=O) groups excluding carboxylic acids is 1. The van der Waals surface area contributed by atoms with E-state index in [9.17, 15) is 4.79 Å². The lowest BCUT2D eigenvalue weighted by Crippen LogP contribution is -2.39. The molecule has 1 aliphatic rings. The maximum atomic E-state index is 12.2. The summed E-state index contributed by atoms with van der Waals surface area (Å²) in [6.45, 7) is 2.91. The van der Waals surface area contributed by atoms with Gasteiger partial charge in [-0.15, -0.1) is 0 Å². The number of halogens is 2. The highest BCUT2D eigenvalue weighted by atomic mass is 79.9. The Hall–Kier alpha value is -1.40. The Bertz CT molecular complexity index is 741.